The van der Waals surface area contributed by atoms with Gasteiger partial charge in [0.2, 0.25) is 0 Å². The van der Waals surface area contributed by atoms with E-state index in [0.29, 0.717) is 10.6 Å². The molecule has 2 rings (SSSR count). The lowest BCUT2D eigenvalue weighted by molar-refractivity contribution is 0.112. The van der Waals surface area contributed by atoms with Gasteiger partial charge in [0.15, 0.2) is 6.29 Å². The Morgan fingerprint density at radius 2 is 1.84 bits per heavy atom. The summed E-state index contributed by atoms with van der Waals surface area (Å²) >= 11 is 6.18. The number of likely N-dealkylation sites (N-methyl/N-ethyl adjacent to an activating group) is 1. The fraction of sp³-hybridized carbons (Fsp3) is 0.188. The first-order valence-electron chi connectivity index (χ1n) is 6.21. The lowest BCUT2D eigenvalue weighted by Crippen LogP contribution is -2.22. The highest BCUT2D eigenvalue weighted by atomic mass is 35.5. The number of halogens is 1. The molecule has 0 aliphatic rings. The molecule has 0 spiro atoms. The van der Waals surface area contributed by atoms with E-state index in [9.17, 15) is 4.79 Å². The number of rotatable bonds is 5. The first-order chi connectivity index (χ1) is 9.22. The third-order valence-electron chi connectivity index (χ3n) is 3.11. The molecule has 0 aliphatic carbocycles. The Kier molecular flexibility index (Phi) is 4.58. The van der Waals surface area contributed by atoms with Gasteiger partial charge in [0.1, 0.15) is 0 Å². The molecule has 0 saturated heterocycles. The van der Waals surface area contributed by atoms with Gasteiger partial charge in [-0.15, -0.1) is 0 Å². The van der Waals surface area contributed by atoms with Gasteiger partial charge in [-0.3, -0.25) is 4.79 Å². The van der Waals surface area contributed by atoms with Gasteiger partial charge < -0.3 is 4.90 Å². The van der Waals surface area contributed by atoms with E-state index < -0.39 is 0 Å². The predicted octanol–water partition coefficient (Wildman–Crippen LogP) is 3.83. The third kappa shape index (κ3) is 3.36. The molecular weight excluding hydrogens is 258 g/mol. The Bertz CT molecular complexity index is 554. The van der Waals surface area contributed by atoms with E-state index >= 15 is 0 Å². The number of nitrogens with zero attached hydrogens (tertiary/aromatic N) is 1. The van der Waals surface area contributed by atoms with Crippen LogP contribution < -0.4 is 4.90 Å². The van der Waals surface area contributed by atoms with Crippen molar-refractivity contribution in [2.45, 2.75) is 6.42 Å². The average molecular weight is 274 g/mol. The van der Waals surface area contributed by atoms with Crippen molar-refractivity contribution < 1.29 is 4.79 Å². The Morgan fingerprint density at radius 1 is 1.11 bits per heavy atom. The van der Waals surface area contributed by atoms with E-state index in [1.165, 1.54) is 5.56 Å². The van der Waals surface area contributed by atoms with Gasteiger partial charge >= 0.3 is 0 Å². The van der Waals surface area contributed by atoms with Crippen LogP contribution in [0.1, 0.15) is 15.9 Å². The first-order valence-corrected chi connectivity index (χ1v) is 6.59. The standard InChI is InChI=1S/C16H16ClNO/c1-18(11-10-13-6-3-2-4-7-13)16-14(12-19)8-5-9-15(16)17/h2-9,12H,10-11H2,1H3. The first kappa shape index (κ1) is 13.6. The van der Waals surface area contributed by atoms with Crippen molar-refractivity contribution >= 4 is 23.6 Å². The highest BCUT2D eigenvalue weighted by Gasteiger charge is 2.11. The summed E-state index contributed by atoms with van der Waals surface area (Å²) in [7, 11) is 1.96. The molecular formula is C16H16ClNO. The van der Waals surface area contributed by atoms with Crippen LogP contribution in [0.2, 0.25) is 5.02 Å². The third-order valence-corrected chi connectivity index (χ3v) is 3.41. The van der Waals surface area contributed by atoms with Crippen LogP contribution in [0, 0.1) is 0 Å². The SMILES string of the molecule is CN(CCc1ccccc1)c1c(Cl)cccc1C=O. The minimum Gasteiger partial charge on any atom is -0.372 e. The van der Waals surface area contributed by atoms with Gasteiger partial charge in [-0.2, -0.15) is 0 Å². The summed E-state index contributed by atoms with van der Waals surface area (Å²) in [5, 5.41) is 0.611. The van der Waals surface area contributed by atoms with E-state index in [0.717, 1.165) is 24.9 Å². The zero-order valence-corrected chi connectivity index (χ0v) is 11.6. The molecule has 0 bridgehead atoms. The summed E-state index contributed by atoms with van der Waals surface area (Å²) in [6, 6.07) is 15.6. The maximum Gasteiger partial charge on any atom is 0.152 e. The van der Waals surface area contributed by atoms with Crippen molar-refractivity contribution in [1.82, 2.24) is 0 Å². The van der Waals surface area contributed by atoms with Crippen molar-refractivity contribution in [2.24, 2.45) is 0 Å². The Balaban J connectivity index is 2.12. The van der Waals surface area contributed by atoms with Gasteiger partial charge in [-0.25, -0.2) is 0 Å². The molecule has 2 aromatic rings. The molecule has 0 amide bonds. The molecule has 0 fully saturated rings. The summed E-state index contributed by atoms with van der Waals surface area (Å²) in [5.41, 5.74) is 2.70. The second kappa shape index (κ2) is 6.39. The number of carbonyl (C=O) groups excluding carboxylic acids is 1. The molecule has 98 valence electrons. The summed E-state index contributed by atoms with van der Waals surface area (Å²) in [6.07, 6.45) is 1.76. The van der Waals surface area contributed by atoms with E-state index in [-0.39, 0.29) is 0 Å². The zero-order valence-electron chi connectivity index (χ0n) is 10.8. The zero-order chi connectivity index (χ0) is 13.7. The van der Waals surface area contributed by atoms with Crippen LogP contribution in [0.25, 0.3) is 0 Å². The van der Waals surface area contributed by atoms with E-state index in [4.69, 9.17) is 11.6 Å². The molecule has 0 aromatic heterocycles. The molecule has 2 nitrogen and oxygen atoms in total. The molecule has 0 aliphatic heterocycles. The maximum absolute atomic E-state index is 11.1. The molecule has 0 radical (unpaired) electrons. The second-order valence-corrected chi connectivity index (χ2v) is 4.86. The average Bonchev–Trinajstić information content (AvgIpc) is 2.45. The number of anilines is 1. The van der Waals surface area contributed by atoms with Crippen molar-refractivity contribution in [2.75, 3.05) is 18.5 Å². The number of para-hydroxylation sites is 1. The molecule has 2 aromatic carbocycles. The van der Waals surface area contributed by atoms with Crippen LogP contribution in [0.3, 0.4) is 0 Å². The van der Waals surface area contributed by atoms with Crippen molar-refractivity contribution in [3.8, 4) is 0 Å². The van der Waals surface area contributed by atoms with Crippen LogP contribution in [-0.4, -0.2) is 19.9 Å². The van der Waals surface area contributed by atoms with Crippen molar-refractivity contribution in [1.29, 1.82) is 0 Å². The summed E-state index contributed by atoms with van der Waals surface area (Å²) in [6.45, 7) is 0.814. The topological polar surface area (TPSA) is 20.3 Å². The van der Waals surface area contributed by atoms with E-state index in [2.05, 4.69) is 12.1 Å². The lowest BCUT2D eigenvalue weighted by Gasteiger charge is -2.22. The Hall–Kier alpha value is -1.80. The minimum atomic E-state index is 0.611. The molecule has 0 heterocycles. The number of hydrogen-bond acceptors (Lipinski definition) is 2. The molecule has 0 saturated carbocycles. The quantitative estimate of drug-likeness (QED) is 0.772. The van der Waals surface area contributed by atoms with Crippen LogP contribution in [0.4, 0.5) is 5.69 Å². The Morgan fingerprint density at radius 3 is 2.53 bits per heavy atom. The van der Waals surface area contributed by atoms with Crippen molar-refractivity contribution in [3.05, 3.63) is 64.7 Å². The summed E-state index contributed by atoms with van der Waals surface area (Å²) in [4.78, 5) is 13.1. The van der Waals surface area contributed by atoms with E-state index in [1.54, 1.807) is 12.1 Å². The summed E-state index contributed by atoms with van der Waals surface area (Å²) in [5.74, 6) is 0. The molecule has 19 heavy (non-hydrogen) atoms. The lowest BCUT2D eigenvalue weighted by atomic mass is 10.1. The predicted molar refractivity (Wildman–Crippen MR) is 80.3 cm³/mol. The van der Waals surface area contributed by atoms with Crippen LogP contribution in [0.5, 0.6) is 0 Å². The van der Waals surface area contributed by atoms with Gasteiger partial charge in [0.25, 0.3) is 0 Å². The van der Waals surface area contributed by atoms with Gasteiger partial charge in [0, 0.05) is 19.2 Å². The number of hydrogen-bond donors (Lipinski definition) is 0. The minimum absolute atomic E-state index is 0.611. The molecule has 0 unspecified atom stereocenters. The van der Waals surface area contributed by atoms with Crippen LogP contribution >= 0.6 is 11.6 Å². The van der Waals surface area contributed by atoms with E-state index in [1.807, 2.05) is 36.2 Å². The van der Waals surface area contributed by atoms with Crippen molar-refractivity contribution in [3.63, 3.8) is 0 Å². The molecule has 0 N–H and O–H groups in total. The monoisotopic (exact) mass is 273 g/mol. The van der Waals surface area contributed by atoms with Crippen LogP contribution in [-0.2, 0) is 6.42 Å². The van der Waals surface area contributed by atoms with Gasteiger partial charge in [-0.1, -0.05) is 48.0 Å². The number of carbonyl (C=O) groups is 1. The highest BCUT2D eigenvalue weighted by Crippen LogP contribution is 2.28. The smallest absolute Gasteiger partial charge is 0.152 e. The normalized spacial score (nSPS) is 10.2. The maximum atomic E-state index is 11.1. The highest BCUT2D eigenvalue weighted by molar-refractivity contribution is 6.33. The number of benzene rings is 2. The number of aldehydes is 1. The largest absolute Gasteiger partial charge is 0.372 e. The Labute approximate surface area is 118 Å². The van der Waals surface area contributed by atoms with Gasteiger partial charge in [0.05, 0.1) is 10.7 Å². The fourth-order valence-corrected chi connectivity index (χ4v) is 2.41. The molecule has 3 heteroatoms. The molecule has 0 atom stereocenters. The van der Waals surface area contributed by atoms with Gasteiger partial charge in [-0.05, 0) is 24.1 Å². The second-order valence-electron chi connectivity index (χ2n) is 4.45. The summed E-state index contributed by atoms with van der Waals surface area (Å²) < 4.78 is 0. The fourth-order valence-electron chi connectivity index (χ4n) is 2.08. The van der Waals surface area contributed by atoms with Crippen LogP contribution in [0.15, 0.2) is 48.5 Å².